The summed E-state index contributed by atoms with van der Waals surface area (Å²) in [6, 6.07) is 9.52. The van der Waals surface area contributed by atoms with Crippen LogP contribution in [0.2, 0.25) is 0 Å². The van der Waals surface area contributed by atoms with Gasteiger partial charge in [0, 0.05) is 15.0 Å². The zero-order valence-corrected chi connectivity index (χ0v) is 17.7. The highest BCUT2D eigenvalue weighted by Gasteiger charge is 2.37. The number of thioether (sulfide) groups is 1. The molecule has 1 aliphatic rings. The van der Waals surface area contributed by atoms with Crippen molar-refractivity contribution in [2.45, 2.75) is 12.2 Å². The van der Waals surface area contributed by atoms with E-state index >= 15 is 0 Å². The molecule has 0 radical (unpaired) electrons. The molecule has 1 aliphatic heterocycles. The van der Waals surface area contributed by atoms with Crippen molar-refractivity contribution in [3.8, 4) is 6.07 Å². The average Bonchev–Trinajstić information content (AvgIpc) is 3.45. The van der Waals surface area contributed by atoms with Crippen LogP contribution in [-0.2, 0) is 9.53 Å². The zero-order valence-electron chi connectivity index (χ0n) is 15.2. The van der Waals surface area contributed by atoms with Gasteiger partial charge in [0.05, 0.1) is 17.6 Å². The van der Waals surface area contributed by atoms with E-state index < -0.39 is 11.2 Å². The Kier molecular flexibility index (Phi) is 5.32. The van der Waals surface area contributed by atoms with E-state index in [-0.39, 0.29) is 28.8 Å². The number of nitrogen functional groups attached to an aromatic ring is 1. The summed E-state index contributed by atoms with van der Waals surface area (Å²) in [5.74, 6) is -0.829. The van der Waals surface area contributed by atoms with E-state index in [2.05, 4.69) is 0 Å². The van der Waals surface area contributed by atoms with Crippen molar-refractivity contribution in [3.05, 3.63) is 61.0 Å². The quantitative estimate of drug-likeness (QED) is 0.625. The summed E-state index contributed by atoms with van der Waals surface area (Å²) in [4.78, 5) is 28.1. The maximum atomic E-state index is 13.4. The fourth-order valence-electron chi connectivity index (χ4n) is 3.13. The summed E-state index contributed by atoms with van der Waals surface area (Å²) in [5.41, 5.74) is 6.50. The maximum absolute atomic E-state index is 13.4. The third kappa shape index (κ3) is 3.29. The van der Waals surface area contributed by atoms with Gasteiger partial charge in [-0.2, -0.15) is 5.26 Å². The van der Waals surface area contributed by atoms with Crippen molar-refractivity contribution >= 4 is 63.0 Å². The number of hydrogen-bond donors (Lipinski definition) is 1. The summed E-state index contributed by atoms with van der Waals surface area (Å²) >= 11 is 4.06. The number of esters is 1. The molecule has 0 aromatic carbocycles. The molecule has 0 saturated carbocycles. The van der Waals surface area contributed by atoms with E-state index in [1.807, 2.05) is 41.1 Å². The van der Waals surface area contributed by atoms with Gasteiger partial charge < -0.3 is 10.5 Å². The van der Waals surface area contributed by atoms with Gasteiger partial charge in [-0.15, -0.1) is 22.7 Å². The average molecular weight is 442 g/mol. The van der Waals surface area contributed by atoms with Gasteiger partial charge in [0.15, 0.2) is 5.69 Å². The van der Waals surface area contributed by atoms with Crippen molar-refractivity contribution in [1.29, 1.82) is 5.26 Å². The predicted molar refractivity (Wildman–Crippen MR) is 116 cm³/mol. The molecular formula is C20H15N3O3S3. The minimum absolute atomic E-state index is 0.0384. The molecule has 29 heavy (non-hydrogen) atoms. The van der Waals surface area contributed by atoms with Gasteiger partial charge >= 0.3 is 5.97 Å². The van der Waals surface area contributed by atoms with E-state index in [0.29, 0.717) is 10.6 Å². The number of nitrogens with two attached hydrogens (primary N) is 1. The lowest BCUT2D eigenvalue weighted by Gasteiger charge is -2.21. The second-order valence-corrected chi connectivity index (χ2v) is 9.11. The van der Waals surface area contributed by atoms with Crippen LogP contribution in [0.15, 0.2) is 35.0 Å². The number of hydrogen-bond acceptors (Lipinski definition) is 8. The van der Waals surface area contributed by atoms with E-state index in [4.69, 9.17) is 10.5 Å². The van der Waals surface area contributed by atoms with Crippen molar-refractivity contribution in [3.63, 3.8) is 0 Å². The lowest BCUT2D eigenvalue weighted by Crippen LogP contribution is -2.42. The van der Waals surface area contributed by atoms with Crippen LogP contribution in [0.3, 0.4) is 0 Å². The third-order valence-corrected chi connectivity index (χ3v) is 7.53. The Hall–Kier alpha value is -2.80. The van der Waals surface area contributed by atoms with Gasteiger partial charge in [0.25, 0.3) is 5.91 Å². The number of aromatic nitrogens is 1. The summed E-state index contributed by atoms with van der Waals surface area (Å²) < 4.78 is 6.54. The number of fused-ring (bicyclic) bond motifs is 1. The SMILES string of the molecule is CCOC(=O)C1=c2/c(=C/c3cccs3)c(N)c(C#N)n2C(=O)C(c2cccs2)S1. The van der Waals surface area contributed by atoms with Crippen LogP contribution in [0.25, 0.3) is 11.0 Å². The van der Waals surface area contributed by atoms with Crippen LogP contribution in [0.1, 0.15) is 32.4 Å². The van der Waals surface area contributed by atoms with Crippen molar-refractivity contribution in [2.75, 3.05) is 12.3 Å². The molecule has 0 amide bonds. The highest BCUT2D eigenvalue weighted by Crippen LogP contribution is 2.41. The highest BCUT2D eigenvalue weighted by atomic mass is 32.2. The van der Waals surface area contributed by atoms with E-state index in [9.17, 15) is 14.9 Å². The first kappa shape index (κ1) is 19.5. The number of thiophene rings is 2. The van der Waals surface area contributed by atoms with Crippen LogP contribution >= 0.6 is 34.4 Å². The van der Waals surface area contributed by atoms with Crippen LogP contribution < -0.4 is 16.3 Å². The highest BCUT2D eigenvalue weighted by molar-refractivity contribution is 8.10. The molecule has 1 unspecified atom stereocenters. The summed E-state index contributed by atoms with van der Waals surface area (Å²) in [6.45, 7) is 1.92. The third-order valence-electron chi connectivity index (χ3n) is 4.34. The molecule has 0 fully saturated rings. The Morgan fingerprint density at radius 2 is 2.10 bits per heavy atom. The van der Waals surface area contributed by atoms with E-state index in [1.165, 1.54) is 27.2 Å². The van der Waals surface area contributed by atoms with Crippen molar-refractivity contribution in [2.24, 2.45) is 0 Å². The Morgan fingerprint density at radius 1 is 1.34 bits per heavy atom. The molecule has 9 heteroatoms. The Balaban J connectivity index is 2.09. The lowest BCUT2D eigenvalue weighted by molar-refractivity contribution is -0.135. The second-order valence-electron chi connectivity index (χ2n) is 6.03. The van der Waals surface area contributed by atoms with Crippen LogP contribution in [-0.4, -0.2) is 23.1 Å². The number of carbonyl (C=O) groups is 2. The maximum Gasteiger partial charge on any atom is 0.346 e. The number of anilines is 1. The normalized spacial score (nSPS) is 16.6. The van der Waals surface area contributed by atoms with Crippen molar-refractivity contribution in [1.82, 2.24) is 4.57 Å². The summed E-state index contributed by atoms with van der Waals surface area (Å²) in [6.07, 6.45) is 1.80. The second kappa shape index (κ2) is 7.91. The molecule has 3 aromatic rings. The standard InChI is InChI=1S/C20H15N3O3S3/c1-2-26-20(25)18-16-12(9-11-5-3-7-27-11)15(22)13(10-21)23(16)19(24)17(29-18)14-6-4-8-28-14/h3-9,17H,2,22H2,1H3/b12-9+. The van der Waals surface area contributed by atoms with Crippen LogP contribution in [0, 0.1) is 11.3 Å². The molecule has 1 atom stereocenters. The Bertz CT molecular complexity index is 1250. The van der Waals surface area contributed by atoms with Crippen LogP contribution in [0.5, 0.6) is 0 Å². The molecular weight excluding hydrogens is 426 g/mol. The monoisotopic (exact) mass is 441 g/mol. The molecule has 146 valence electrons. The molecule has 2 N–H and O–H groups in total. The van der Waals surface area contributed by atoms with Gasteiger partial charge in [-0.25, -0.2) is 4.79 Å². The number of nitrogens with zero attached hydrogens (tertiary/aromatic N) is 2. The first-order valence-electron chi connectivity index (χ1n) is 8.68. The largest absolute Gasteiger partial charge is 0.462 e. The molecule has 0 aliphatic carbocycles. The molecule has 0 spiro atoms. The number of nitriles is 1. The number of rotatable bonds is 4. The topological polar surface area (TPSA) is 98.1 Å². The fraction of sp³-hybridized carbons (Fsp3) is 0.150. The van der Waals surface area contributed by atoms with Gasteiger partial charge in [-0.1, -0.05) is 23.9 Å². The fourth-order valence-corrected chi connectivity index (χ4v) is 5.90. The summed E-state index contributed by atoms with van der Waals surface area (Å²) in [5, 5.41) is 13.7. The van der Waals surface area contributed by atoms with Gasteiger partial charge in [0.2, 0.25) is 0 Å². The Morgan fingerprint density at radius 3 is 2.72 bits per heavy atom. The van der Waals surface area contributed by atoms with E-state index in [1.54, 1.807) is 13.0 Å². The van der Waals surface area contributed by atoms with Gasteiger partial charge in [-0.3, -0.25) is 9.36 Å². The summed E-state index contributed by atoms with van der Waals surface area (Å²) in [7, 11) is 0. The minimum Gasteiger partial charge on any atom is -0.462 e. The zero-order chi connectivity index (χ0) is 20.5. The van der Waals surface area contributed by atoms with E-state index in [0.717, 1.165) is 21.5 Å². The Labute approximate surface area is 178 Å². The predicted octanol–water partition coefficient (Wildman–Crippen LogP) is 2.69. The first-order valence-corrected chi connectivity index (χ1v) is 11.3. The number of ether oxygens (including phenoxy) is 1. The smallest absolute Gasteiger partial charge is 0.346 e. The first-order chi connectivity index (χ1) is 14.1. The molecule has 6 nitrogen and oxygen atoms in total. The van der Waals surface area contributed by atoms with Crippen LogP contribution in [0.4, 0.5) is 5.69 Å². The van der Waals surface area contributed by atoms with Gasteiger partial charge in [0.1, 0.15) is 16.2 Å². The minimum atomic E-state index is -0.643. The molecule has 3 aromatic heterocycles. The molecule has 4 rings (SSSR count). The van der Waals surface area contributed by atoms with Gasteiger partial charge in [-0.05, 0) is 35.9 Å². The van der Waals surface area contributed by atoms with Crippen molar-refractivity contribution < 1.29 is 14.3 Å². The molecule has 0 bridgehead atoms. The lowest BCUT2D eigenvalue weighted by atomic mass is 10.2. The molecule has 0 saturated heterocycles. The molecule has 4 heterocycles. The number of carbonyl (C=O) groups excluding carboxylic acids is 2.